The van der Waals surface area contributed by atoms with Crippen LogP contribution in [0.5, 0.6) is 11.5 Å². The van der Waals surface area contributed by atoms with Crippen LogP contribution in [0.15, 0.2) is 12.1 Å². The lowest BCUT2D eigenvalue weighted by Crippen LogP contribution is -2.38. The fourth-order valence-electron chi connectivity index (χ4n) is 3.17. The monoisotopic (exact) mass is 264 g/mol. The first-order valence-electron chi connectivity index (χ1n) is 6.63. The number of aryl methyl sites for hydroxylation is 1. The van der Waals surface area contributed by atoms with Gasteiger partial charge < -0.3 is 14.9 Å². The summed E-state index contributed by atoms with van der Waals surface area (Å²) in [5.74, 6) is -0.530. The number of aliphatic carboxylic acids is 1. The Kier molecular flexibility index (Phi) is 3.69. The van der Waals surface area contributed by atoms with E-state index in [2.05, 4.69) is 0 Å². The highest BCUT2D eigenvalue weighted by Crippen LogP contribution is 2.47. The van der Waals surface area contributed by atoms with E-state index >= 15 is 0 Å². The molecule has 0 bridgehead atoms. The number of phenolic OH excluding ortho intramolecular Hbond substituents is 1. The van der Waals surface area contributed by atoms with E-state index in [1.165, 1.54) is 7.11 Å². The quantitative estimate of drug-likeness (QED) is 0.880. The van der Waals surface area contributed by atoms with E-state index in [0.29, 0.717) is 24.2 Å². The Balaban J connectivity index is 2.62. The lowest BCUT2D eigenvalue weighted by molar-refractivity contribution is -0.145. The maximum atomic E-state index is 11.8. The second-order valence-corrected chi connectivity index (χ2v) is 5.26. The van der Waals surface area contributed by atoms with Crippen LogP contribution in [-0.2, 0) is 10.2 Å². The number of benzene rings is 1. The van der Waals surface area contributed by atoms with Gasteiger partial charge in [-0.2, -0.15) is 0 Å². The van der Waals surface area contributed by atoms with Gasteiger partial charge in [-0.3, -0.25) is 4.79 Å². The van der Waals surface area contributed by atoms with Gasteiger partial charge in [-0.15, -0.1) is 0 Å². The number of carboxylic acids is 1. The van der Waals surface area contributed by atoms with Crippen molar-refractivity contribution in [2.24, 2.45) is 0 Å². The molecule has 0 aromatic heterocycles. The molecule has 0 amide bonds. The minimum Gasteiger partial charge on any atom is -0.504 e. The van der Waals surface area contributed by atoms with Crippen LogP contribution in [-0.4, -0.2) is 23.3 Å². The van der Waals surface area contributed by atoms with Crippen molar-refractivity contribution in [3.05, 3.63) is 23.3 Å². The van der Waals surface area contributed by atoms with Crippen molar-refractivity contribution < 1.29 is 19.7 Å². The van der Waals surface area contributed by atoms with Crippen molar-refractivity contribution >= 4 is 5.97 Å². The van der Waals surface area contributed by atoms with Crippen molar-refractivity contribution in [1.29, 1.82) is 0 Å². The molecule has 0 spiro atoms. The van der Waals surface area contributed by atoms with E-state index < -0.39 is 11.4 Å². The van der Waals surface area contributed by atoms with Crippen LogP contribution < -0.4 is 4.74 Å². The fourth-order valence-corrected chi connectivity index (χ4v) is 3.17. The smallest absolute Gasteiger partial charge is 0.314 e. The predicted molar refractivity (Wildman–Crippen MR) is 71.8 cm³/mol. The van der Waals surface area contributed by atoms with Crippen LogP contribution >= 0.6 is 0 Å². The number of hydrogen-bond acceptors (Lipinski definition) is 3. The SMILES string of the molecule is COc1ccc(C)c(C2(C(=O)O)CCCCC2)c1O. The highest BCUT2D eigenvalue weighted by Gasteiger charge is 2.44. The number of ether oxygens (including phenoxy) is 1. The number of hydrogen-bond donors (Lipinski definition) is 2. The second kappa shape index (κ2) is 5.11. The van der Waals surface area contributed by atoms with Crippen molar-refractivity contribution in [2.45, 2.75) is 44.4 Å². The molecule has 0 aliphatic heterocycles. The van der Waals surface area contributed by atoms with Crippen molar-refractivity contribution in [3.8, 4) is 11.5 Å². The number of methoxy groups -OCH3 is 1. The molecule has 2 N–H and O–H groups in total. The number of carboxylic acid groups (broad SMARTS) is 1. The Bertz CT molecular complexity index is 487. The van der Waals surface area contributed by atoms with E-state index in [4.69, 9.17) is 4.74 Å². The molecule has 1 aromatic rings. The highest BCUT2D eigenvalue weighted by atomic mass is 16.5. The topological polar surface area (TPSA) is 66.8 Å². The summed E-state index contributed by atoms with van der Waals surface area (Å²) in [7, 11) is 1.47. The summed E-state index contributed by atoms with van der Waals surface area (Å²) in [4.78, 5) is 11.8. The molecule has 1 fully saturated rings. The van der Waals surface area contributed by atoms with Crippen molar-refractivity contribution in [1.82, 2.24) is 0 Å². The molecule has 0 radical (unpaired) electrons. The Morgan fingerprint density at radius 1 is 1.26 bits per heavy atom. The van der Waals surface area contributed by atoms with Crippen molar-refractivity contribution in [2.75, 3.05) is 7.11 Å². The van der Waals surface area contributed by atoms with Gasteiger partial charge in [-0.1, -0.05) is 25.3 Å². The average molecular weight is 264 g/mol. The second-order valence-electron chi connectivity index (χ2n) is 5.26. The van der Waals surface area contributed by atoms with E-state index in [0.717, 1.165) is 24.8 Å². The lowest BCUT2D eigenvalue weighted by Gasteiger charge is -2.35. The lowest BCUT2D eigenvalue weighted by atomic mass is 9.68. The van der Waals surface area contributed by atoms with Crippen LogP contribution in [0.2, 0.25) is 0 Å². The summed E-state index contributed by atoms with van der Waals surface area (Å²) in [6.45, 7) is 1.84. The zero-order valence-corrected chi connectivity index (χ0v) is 11.4. The van der Waals surface area contributed by atoms with Gasteiger partial charge in [0.05, 0.1) is 12.5 Å². The van der Waals surface area contributed by atoms with Gasteiger partial charge in [0.25, 0.3) is 0 Å². The number of carbonyl (C=O) groups is 1. The Morgan fingerprint density at radius 2 is 1.89 bits per heavy atom. The molecule has 2 rings (SSSR count). The molecule has 0 atom stereocenters. The molecule has 4 heteroatoms. The first-order chi connectivity index (χ1) is 9.03. The zero-order valence-electron chi connectivity index (χ0n) is 11.4. The minimum atomic E-state index is -0.971. The van der Waals surface area contributed by atoms with E-state index in [1.54, 1.807) is 6.07 Å². The average Bonchev–Trinajstić information content (AvgIpc) is 2.40. The molecular weight excluding hydrogens is 244 g/mol. The third kappa shape index (κ3) is 2.15. The molecular formula is C15H20O4. The van der Waals surface area contributed by atoms with Crippen LogP contribution in [0.1, 0.15) is 43.2 Å². The Morgan fingerprint density at radius 3 is 2.42 bits per heavy atom. The van der Waals surface area contributed by atoms with Gasteiger partial charge in [-0.25, -0.2) is 0 Å². The first-order valence-corrected chi connectivity index (χ1v) is 6.63. The van der Waals surface area contributed by atoms with Gasteiger partial charge >= 0.3 is 5.97 Å². The summed E-state index contributed by atoms with van der Waals surface area (Å²) < 4.78 is 5.11. The summed E-state index contributed by atoms with van der Waals surface area (Å²) >= 11 is 0. The molecule has 1 saturated carbocycles. The molecule has 0 unspecified atom stereocenters. The van der Waals surface area contributed by atoms with Crippen LogP contribution in [0.4, 0.5) is 0 Å². The van der Waals surface area contributed by atoms with Gasteiger partial charge in [0.1, 0.15) is 0 Å². The van der Waals surface area contributed by atoms with E-state index in [-0.39, 0.29) is 5.75 Å². The van der Waals surface area contributed by atoms with E-state index in [9.17, 15) is 15.0 Å². The number of aromatic hydroxyl groups is 1. The molecule has 1 aromatic carbocycles. The van der Waals surface area contributed by atoms with Gasteiger partial charge in [0, 0.05) is 5.56 Å². The van der Waals surface area contributed by atoms with Crippen LogP contribution in [0, 0.1) is 6.92 Å². The van der Waals surface area contributed by atoms with Gasteiger partial charge in [0.2, 0.25) is 0 Å². The largest absolute Gasteiger partial charge is 0.504 e. The fraction of sp³-hybridized carbons (Fsp3) is 0.533. The summed E-state index contributed by atoms with van der Waals surface area (Å²) in [6, 6.07) is 3.49. The zero-order chi connectivity index (χ0) is 14.0. The van der Waals surface area contributed by atoms with E-state index in [1.807, 2.05) is 13.0 Å². The normalized spacial score (nSPS) is 18.0. The molecule has 19 heavy (non-hydrogen) atoms. The summed E-state index contributed by atoms with van der Waals surface area (Å²) in [6.07, 6.45) is 3.96. The standard InChI is InChI=1S/C15H20O4/c1-10-6-7-11(19-2)13(16)12(10)15(14(17)18)8-4-3-5-9-15/h6-7,16H,3-5,8-9H2,1-2H3,(H,17,18). The minimum absolute atomic E-state index is 0.0215. The Labute approximate surface area is 113 Å². The maximum absolute atomic E-state index is 11.8. The first kappa shape index (κ1) is 13.7. The summed E-state index contributed by atoms with van der Waals surface area (Å²) in [5, 5.41) is 20.1. The number of rotatable bonds is 3. The summed E-state index contributed by atoms with van der Waals surface area (Å²) in [5.41, 5.74) is 0.364. The predicted octanol–water partition coefficient (Wildman–Crippen LogP) is 3.00. The molecule has 104 valence electrons. The highest BCUT2D eigenvalue weighted by molar-refractivity contribution is 5.84. The van der Waals surface area contributed by atoms with Crippen LogP contribution in [0.3, 0.4) is 0 Å². The molecule has 1 aliphatic rings. The van der Waals surface area contributed by atoms with Gasteiger partial charge in [-0.05, 0) is 31.4 Å². The van der Waals surface area contributed by atoms with Crippen molar-refractivity contribution in [3.63, 3.8) is 0 Å². The number of phenols is 1. The van der Waals surface area contributed by atoms with Gasteiger partial charge in [0.15, 0.2) is 11.5 Å². The molecule has 0 heterocycles. The third-order valence-corrected chi connectivity index (χ3v) is 4.16. The maximum Gasteiger partial charge on any atom is 0.314 e. The third-order valence-electron chi connectivity index (χ3n) is 4.16. The van der Waals surface area contributed by atoms with Crippen LogP contribution in [0.25, 0.3) is 0 Å². The Hall–Kier alpha value is -1.71. The molecule has 4 nitrogen and oxygen atoms in total. The molecule has 1 aliphatic carbocycles. The molecule has 0 saturated heterocycles.